The molecule has 10 nitrogen and oxygen atoms in total. The number of aromatic nitrogens is 2. The van der Waals surface area contributed by atoms with Gasteiger partial charge in [0.05, 0.1) is 39.3 Å². The lowest BCUT2D eigenvalue weighted by atomic mass is 10.1. The lowest BCUT2D eigenvalue weighted by molar-refractivity contribution is 0.0904. The van der Waals surface area contributed by atoms with Gasteiger partial charge >= 0.3 is 0 Å². The zero-order chi connectivity index (χ0) is 30.1. The first-order valence-electron chi connectivity index (χ1n) is 14.2. The van der Waals surface area contributed by atoms with Crippen molar-refractivity contribution in [2.75, 3.05) is 50.2 Å². The lowest BCUT2D eigenvalue weighted by Gasteiger charge is -2.41. The zero-order valence-corrected chi connectivity index (χ0v) is 24.5. The number of hydrazine groups is 1. The summed E-state index contributed by atoms with van der Waals surface area (Å²) in [5.74, 6) is -2.17. The number of hydrogen-bond acceptors (Lipinski definition) is 8. The second-order valence-electron chi connectivity index (χ2n) is 11.0. The molecule has 2 aliphatic heterocycles. The van der Waals surface area contributed by atoms with Crippen LogP contribution in [0.2, 0.25) is 0 Å². The number of rotatable bonds is 7. The summed E-state index contributed by atoms with van der Waals surface area (Å²) in [4.78, 5) is 16.9. The number of halogens is 2. The molecule has 0 radical (unpaired) electrons. The molecule has 0 bridgehead atoms. The highest BCUT2D eigenvalue weighted by Gasteiger charge is 2.30. The molecule has 13 heteroatoms. The van der Waals surface area contributed by atoms with Crippen LogP contribution in [0, 0.1) is 11.6 Å². The Hall–Kier alpha value is -4.07. The Morgan fingerprint density at radius 3 is 2.42 bits per heavy atom. The summed E-state index contributed by atoms with van der Waals surface area (Å²) < 4.78 is 53.8. The van der Waals surface area contributed by atoms with Crippen LogP contribution in [0.5, 0.6) is 0 Å². The Morgan fingerprint density at radius 1 is 0.907 bits per heavy atom. The highest BCUT2D eigenvalue weighted by Crippen LogP contribution is 2.27. The maximum absolute atomic E-state index is 13.8. The van der Waals surface area contributed by atoms with Crippen LogP contribution in [0.25, 0.3) is 10.9 Å². The Labute approximate surface area is 248 Å². The number of nitrogens with one attached hydrogen (secondary N) is 2. The highest BCUT2D eigenvalue weighted by atomic mass is 32.2. The standard InChI is InChI=1S/C30H33F2N7O3S/c1-36-13-14-38(29(20-36)34-30(40)26-7-3-4-8-27(26)35-37-11-5-2-6-12-37)39-28-10-9-24(15-21(28)19-33-39)43(41,42)25-17-22(31)16-23(32)18-25/h3-4,7-10,15-19,29,35H,2,5-6,11-14,20H2,1H3,(H,34,40). The van der Waals surface area contributed by atoms with E-state index in [1.165, 1.54) is 24.8 Å². The normalized spacial score (nSPS) is 18.6. The van der Waals surface area contributed by atoms with Gasteiger partial charge in [0.1, 0.15) is 17.8 Å². The summed E-state index contributed by atoms with van der Waals surface area (Å²) in [5.41, 5.74) is 5.32. The average Bonchev–Trinajstić information content (AvgIpc) is 3.41. The number of para-hydroxylation sites is 1. The molecule has 1 aromatic heterocycles. The number of nitrogens with zero attached hydrogens (tertiary/aromatic N) is 5. The van der Waals surface area contributed by atoms with Crippen LogP contribution < -0.4 is 15.8 Å². The molecule has 0 aliphatic carbocycles. The lowest BCUT2D eigenvalue weighted by Crippen LogP contribution is -2.63. The van der Waals surface area contributed by atoms with Crippen LogP contribution in [0.3, 0.4) is 0 Å². The summed E-state index contributed by atoms with van der Waals surface area (Å²) >= 11 is 0. The maximum Gasteiger partial charge on any atom is 0.255 e. The van der Waals surface area contributed by atoms with Crippen molar-refractivity contribution in [2.24, 2.45) is 0 Å². The van der Waals surface area contributed by atoms with E-state index in [1.807, 2.05) is 30.3 Å². The van der Waals surface area contributed by atoms with Crippen molar-refractivity contribution in [3.8, 4) is 0 Å². The Bertz CT molecular complexity index is 1740. The van der Waals surface area contributed by atoms with E-state index in [-0.39, 0.29) is 10.8 Å². The molecular formula is C30H33F2N7O3S. The van der Waals surface area contributed by atoms with Crippen molar-refractivity contribution in [3.63, 3.8) is 0 Å². The molecule has 0 spiro atoms. The van der Waals surface area contributed by atoms with E-state index in [0.29, 0.717) is 35.6 Å². The summed E-state index contributed by atoms with van der Waals surface area (Å²) in [6.07, 6.45) is 4.53. The fourth-order valence-electron chi connectivity index (χ4n) is 5.63. The molecular weight excluding hydrogens is 576 g/mol. The molecule has 43 heavy (non-hydrogen) atoms. The van der Waals surface area contributed by atoms with Crippen molar-refractivity contribution >= 4 is 32.3 Å². The van der Waals surface area contributed by atoms with Crippen molar-refractivity contribution in [2.45, 2.75) is 35.2 Å². The number of piperidine rings is 1. The van der Waals surface area contributed by atoms with E-state index in [1.54, 1.807) is 16.9 Å². The Balaban J connectivity index is 1.26. The largest absolute Gasteiger partial charge is 0.329 e. The number of carbonyl (C=O) groups excluding carboxylic acids is 1. The fourth-order valence-corrected chi connectivity index (χ4v) is 6.97. The molecule has 226 valence electrons. The van der Waals surface area contributed by atoms with Gasteiger partial charge in [-0.2, -0.15) is 9.89 Å². The van der Waals surface area contributed by atoms with Gasteiger partial charge in [-0.25, -0.2) is 22.2 Å². The minimum absolute atomic E-state index is 0.106. The maximum atomic E-state index is 13.8. The minimum atomic E-state index is -4.17. The summed E-state index contributed by atoms with van der Waals surface area (Å²) in [5, 5.41) is 12.3. The minimum Gasteiger partial charge on any atom is -0.329 e. The van der Waals surface area contributed by atoms with Gasteiger partial charge in [-0.1, -0.05) is 18.6 Å². The second kappa shape index (κ2) is 11.9. The van der Waals surface area contributed by atoms with E-state index in [0.717, 1.165) is 50.3 Å². The quantitative estimate of drug-likeness (QED) is 0.328. The zero-order valence-electron chi connectivity index (χ0n) is 23.7. The van der Waals surface area contributed by atoms with E-state index in [4.69, 9.17) is 0 Å². The van der Waals surface area contributed by atoms with Crippen LogP contribution >= 0.6 is 0 Å². The first kappa shape index (κ1) is 29.0. The summed E-state index contributed by atoms with van der Waals surface area (Å²) in [6.45, 7) is 3.65. The molecule has 1 atom stereocenters. The summed E-state index contributed by atoms with van der Waals surface area (Å²) in [6, 6.07) is 14.1. The summed E-state index contributed by atoms with van der Waals surface area (Å²) in [7, 11) is -2.19. The number of piperazine rings is 1. The molecule has 6 rings (SSSR count). The van der Waals surface area contributed by atoms with Crippen LogP contribution in [-0.4, -0.2) is 80.1 Å². The molecule has 3 heterocycles. The van der Waals surface area contributed by atoms with Gasteiger partial charge in [0.15, 0.2) is 0 Å². The van der Waals surface area contributed by atoms with E-state index in [2.05, 4.69) is 25.8 Å². The topological polar surface area (TPSA) is 103 Å². The van der Waals surface area contributed by atoms with Crippen molar-refractivity contribution in [1.29, 1.82) is 0 Å². The Kier molecular flexibility index (Phi) is 8.03. The number of amides is 1. The first-order valence-corrected chi connectivity index (χ1v) is 15.7. The van der Waals surface area contributed by atoms with Crippen LogP contribution in [0.4, 0.5) is 14.5 Å². The van der Waals surface area contributed by atoms with Crippen molar-refractivity contribution in [3.05, 3.63) is 84.1 Å². The molecule has 2 aliphatic rings. The first-order chi connectivity index (χ1) is 20.7. The molecule has 4 aromatic rings. The van der Waals surface area contributed by atoms with Gasteiger partial charge in [-0.05, 0) is 62.4 Å². The van der Waals surface area contributed by atoms with Crippen LogP contribution in [0.1, 0.15) is 29.6 Å². The van der Waals surface area contributed by atoms with Crippen LogP contribution in [0.15, 0.2) is 76.7 Å². The van der Waals surface area contributed by atoms with Crippen LogP contribution in [-0.2, 0) is 9.84 Å². The fraction of sp³-hybridized carbons (Fsp3) is 0.333. The smallest absolute Gasteiger partial charge is 0.255 e. The molecule has 2 fully saturated rings. The number of fused-ring (bicyclic) bond motifs is 1. The number of hydrogen-bond donors (Lipinski definition) is 2. The van der Waals surface area contributed by atoms with Gasteiger partial charge in [0.2, 0.25) is 9.84 Å². The van der Waals surface area contributed by atoms with Gasteiger partial charge in [0.25, 0.3) is 5.91 Å². The van der Waals surface area contributed by atoms with E-state index in [9.17, 15) is 22.0 Å². The third-order valence-corrected chi connectivity index (χ3v) is 9.61. The molecule has 2 N–H and O–H groups in total. The second-order valence-corrected chi connectivity index (χ2v) is 12.9. The van der Waals surface area contributed by atoms with Gasteiger partial charge < -0.3 is 15.6 Å². The predicted octanol–water partition coefficient (Wildman–Crippen LogP) is 3.60. The third-order valence-electron chi connectivity index (χ3n) is 7.88. The SMILES string of the molecule is CN1CCN(n2ncc3cc(S(=O)(=O)c4cc(F)cc(F)c4)ccc32)C(NC(=O)c2ccccc2NN2CCCCC2)C1. The number of likely N-dealkylation sites (N-methyl/N-ethyl adjacent to an activating group) is 1. The number of sulfone groups is 1. The molecule has 3 aromatic carbocycles. The van der Waals surface area contributed by atoms with Gasteiger partial charge in [-0.15, -0.1) is 0 Å². The highest BCUT2D eigenvalue weighted by molar-refractivity contribution is 7.91. The van der Waals surface area contributed by atoms with Gasteiger partial charge in [0, 0.05) is 37.6 Å². The molecule has 1 amide bonds. The molecule has 2 saturated heterocycles. The average molecular weight is 610 g/mol. The molecule has 0 saturated carbocycles. The van der Waals surface area contributed by atoms with Crippen molar-refractivity contribution in [1.82, 2.24) is 25.1 Å². The predicted molar refractivity (Wildman–Crippen MR) is 159 cm³/mol. The number of anilines is 1. The van der Waals surface area contributed by atoms with E-state index >= 15 is 0 Å². The van der Waals surface area contributed by atoms with E-state index < -0.39 is 32.5 Å². The van der Waals surface area contributed by atoms with Crippen molar-refractivity contribution < 1.29 is 22.0 Å². The molecule has 1 unspecified atom stereocenters. The third kappa shape index (κ3) is 6.05. The van der Waals surface area contributed by atoms with Gasteiger partial charge in [-0.3, -0.25) is 9.80 Å². The Morgan fingerprint density at radius 2 is 1.65 bits per heavy atom. The monoisotopic (exact) mass is 609 g/mol. The number of carbonyl (C=O) groups is 1. The number of benzene rings is 3.